The lowest BCUT2D eigenvalue weighted by Gasteiger charge is -2.14. The molecule has 2 heterocycles. The highest BCUT2D eigenvalue weighted by molar-refractivity contribution is 7.05. The van der Waals surface area contributed by atoms with Crippen LogP contribution in [-0.2, 0) is 19.5 Å². The lowest BCUT2D eigenvalue weighted by atomic mass is 10.3. The maximum absolute atomic E-state index is 4.59. The van der Waals surface area contributed by atoms with Crippen LogP contribution in [0.25, 0.3) is 0 Å². The number of nitrogens with one attached hydrogen (secondary N) is 1. The Labute approximate surface area is 111 Å². The number of nitrogens with zero attached hydrogens (tertiary/aromatic N) is 4. The van der Waals surface area contributed by atoms with E-state index < -0.39 is 0 Å². The van der Waals surface area contributed by atoms with Crippen LogP contribution in [0.1, 0.15) is 34.7 Å². The molecule has 98 valence electrons. The van der Waals surface area contributed by atoms with Gasteiger partial charge in [-0.25, -0.2) is 4.98 Å². The molecule has 0 atom stereocenters. The highest BCUT2D eigenvalue weighted by Crippen LogP contribution is 2.14. The predicted octanol–water partition coefficient (Wildman–Crippen LogP) is 2.07. The molecule has 0 bridgehead atoms. The van der Waals surface area contributed by atoms with Gasteiger partial charge in [-0.05, 0) is 32.4 Å². The lowest BCUT2D eigenvalue weighted by molar-refractivity contribution is 0.316. The third-order valence-electron chi connectivity index (χ3n) is 2.95. The first-order valence-electron chi connectivity index (χ1n) is 6.10. The van der Waals surface area contributed by atoms with Crippen molar-refractivity contribution < 1.29 is 0 Å². The van der Waals surface area contributed by atoms with Crippen LogP contribution >= 0.6 is 11.5 Å². The Morgan fingerprint density at radius 1 is 1.28 bits per heavy atom. The summed E-state index contributed by atoms with van der Waals surface area (Å²) in [6.07, 6.45) is 0.947. The molecule has 2 aromatic heterocycles. The summed E-state index contributed by atoms with van der Waals surface area (Å²) in [5.74, 6) is 1.06. The Morgan fingerprint density at radius 3 is 2.61 bits per heavy atom. The number of aromatic amines is 1. The number of rotatable bonds is 5. The van der Waals surface area contributed by atoms with Crippen LogP contribution in [0.5, 0.6) is 0 Å². The zero-order valence-corrected chi connectivity index (χ0v) is 12.1. The Morgan fingerprint density at radius 2 is 2.06 bits per heavy atom. The summed E-state index contributed by atoms with van der Waals surface area (Å²) in [7, 11) is 2.10. The van der Waals surface area contributed by atoms with E-state index in [1.807, 2.05) is 6.92 Å². The molecule has 6 heteroatoms. The number of hydrogen-bond acceptors (Lipinski definition) is 5. The molecule has 0 aliphatic rings. The molecule has 0 saturated carbocycles. The Kier molecular flexibility index (Phi) is 4.08. The third kappa shape index (κ3) is 2.94. The van der Waals surface area contributed by atoms with Gasteiger partial charge in [-0.1, -0.05) is 11.4 Å². The van der Waals surface area contributed by atoms with Crippen molar-refractivity contribution >= 4 is 11.5 Å². The van der Waals surface area contributed by atoms with Crippen LogP contribution in [0, 0.1) is 13.8 Å². The lowest BCUT2D eigenvalue weighted by Crippen LogP contribution is -2.18. The highest BCUT2D eigenvalue weighted by atomic mass is 32.1. The van der Waals surface area contributed by atoms with Crippen LogP contribution in [0.4, 0.5) is 0 Å². The summed E-state index contributed by atoms with van der Waals surface area (Å²) in [4.78, 5) is 11.4. The van der Waals surface area contributed by atoms with Gasteiger partial charge in [-0.15, -0.1) is 5.10 Å². The predicted molar refractivity (Wildman–Crippen MR) is 72.5 cm³/mol. The van der Waals surface area contributed by atoms with E-state index in [-0.39, 0.29) is 0 Å². The SMILES string of the molecule is CCc1nc(CN(C)Cc2snnc2C)c(C)[nH]1. The second-order valence-electron chi connectivity index (χ2n) is 4.56. The fourth-order valence-electron chi connectivity index (χ4n) is 1.84. The first-order valence-corrected chi connectivity index (χ1v) is 6.88. The largest absolute Gasteiger partial charge is 0.346 e. The van der Waals surface area contributed by atoms with Crippen molar-refractivity contribution in [3.8, 4) is 0 Å². The first kappa shape index (κ1) is 13.2. The number of H-pyrrole nitrogens is 1. The van der Waals surface area contributed by atoms with Crippen LogP contribution in [-0.4, -0.2) is 31.5 Å². The quantitative estimate of drug-likeness (QED) is 0.899. The van der Waals surface area contributed by atoms with E-state index in [0.29, 0.717) is 0 Å². The van der Waals surface area contributed by atoms with Crippen molar-refractivity contribution in [2.45, 2.75) is 40.3 Å². The number of aromatic nitrogens is 4. The minimum Gasteiger partial charge on any atom is -0.346 e. The summed E-state index contributed by atoms with van der Waals surface area (Å²) in [5, 5.41) is 4.03. The van der Waals surface area contributed by atoms with Crippen molar-refractivity contribution in [2.24, 2.45) is 0 Å². The number of aryl methyl sites for hydroxylation is 3. The molecule has 0 aliphatic carbocycles. The molecular weight excluding hydrogens is 246 g/mol. The van der Waals surface area contributed by atoms with Gasteiger partial charge in [0, 0.05) is 25.2 Å². The summed E-state index contributed by atoms with van der Waals surface area (Å²) >= 11 is 1.47. The molecular formula is C12H19N5S. The zero-order chi connectivity index (χ0) is 13.1. The summed E-state index contributed by atoms with van der Waals surface area (Å²) < 4.78 is 3.96. The standard InChI is InChI=1S/C12H19N5S/c1-5-12-13-8(2)10(14-12)6-17(4)7-11-9(3)15-16-18-11/h5-7H2,1-4H3,(H,13,14). The Hall–Kier alpha value is -1.27. The molecule has 0 spiro atoms. The topological polar surface area (TPSA) is 57.7 Å². The average molecular weight is 265 g/mol. The van der Waals surface area contributed by atoms with E-state index in [2.05, 4.69) is 45.3 Å². The highest BCUT2D eigenvalue weighted by Gasteiger charge is 2.11. The summed E-state index contributed by atoms with van der Waals surface area (Å²) in [5.41, 5.74) is 3.32. The minimum absolute atomic E-state index is 0.847. The summed E-state index contributed by atoms with van der Waals surface area (Å²) in [6.45, 7) is 7.91. The zero-order valence-electron chi connectivity index (χ0n) is 11.3. The number of hydrogen-bond donors (Lipinski definition) is 1. The van der Waals surface area contributed by atoms with Gasteiger partial charge >= 0.3 is 0 Å². The van der Waals surface area contributed by atoms with Crippen molar-refractivity contribution in [2.75, 3.05) is 7.05 Å². The van der Waals surface area contributed by atoms with Crippen molar-refractivity contribution in [1.82, 2.24) is 24.5 Å². The molecule has 0 aromatic carbocycles. The molecule has 1 N–H and O–H groups in total. The fraction of sp³-hybridized carbons (Fsp3) is 0.583. The summed E-state index contributed by atoms with van der Waals surface area (Å²) in [6, 6.07) is 0. The minimum atomic E-state index is 0.847. The van der Waals surface area contributed by atoms with Gasteiger partial charge in [0.1, 0.15) is 5.82 Å². The molecule has 5 nitrogen and oxygen atoms in total. The maximum atomic E-state index is 4.59. The van der Waals surface area contributed by atoms with E-state index >= 15 is 0 Å². The van der Waals surface area contributed by atoms with Crippen molar-refractivity contribution in [3.63, 3.8) is 0 Å². The van der Waals surface area contributed by atoms with Crippen LogP contribution < -0.4 is 0 Å². The molecule has 0 unspecified atom stereocenters. The van der Waals surface area contributed by atoms with E-state index in [4.69, 9.17) is 0 Å². The first-order chi connectivity index (χ1) is 8.60. The van der Waals surface area contributed by atoms with Gasteiger partial charge in [-0.3, -0.25) is 4.90 Å². The van der Waals surface area contributed by atoms with Gasteiger partial charge in [0.2, 0.25) is 0 Å². The van der Waals surface area contributed by atoms with Crippen LogP contribution in [0.3, 0.4) is 0 Å². The monoisotopic (exact) mass is 265 g/mol. The maximum Gasteiger partial charge on any atom is 0.106 e. The van der Waals surface area contributed by atoms with Gasteiger partial charge in [0.25, 0.3) is 0 Å². The molecule has 2 aromatic rings. The normalized spacial score (nSPS) is 11.4. The Balaban J connectivity index is 2.00. The average Bonchev–Trinajstić information content (AvgIpc) is 2.87. The molecule has 0 aliphatic heterocycles. The second-order valence-corrected chi connectivity index (χ2v) is 5.40. The van der Waals surface area contributed by atoms with E-state index in [1.54, 1.807) is 0 Å². The van der Waals surface area contributed by atoms with Gasteiger partial charge < -0.3 is 4.98 Å². The number of imidazole rings is 1. The van der Waals surface area contributed by atoms with E-state index in [1.165, 1.54) is 16.4 Å². The van der Waals surface area contributed by atoms with Crippen molar-refractivity contribution in [1.29, 1.82) is 0 Å². The molecule has 2 rings (SSSR count). The van der Waals surface area contributed by atoms with Crippen LogP contribution in [0.15, 0.2) is 0 Å². The molecule has 0 radical (unpaired) electrons. The fourth-order valence-corrected chi connectivity index (χ4v) is 2.55. The van der Waals surface area contributed by atoms with E-state index in [0.717, 1.165) is 42.4 Å². The molecule has 0 saturated heterocycles. The Bertz CT molecular complexity index is 516. The van der Waals surface area contributed by atoms with Crippen LogP contribution in [0.2, 0.25) is 0 Å². The molecule has 0 fully saturated rings. The smallest absolute Gasteiger partial charge is 0.106 e. The second kappa shape index (κ2) is 5.58. The molecule has 18 heavy (non-hydrogen) atoms. The van der Waals surface area contributed by atoms with E-state index in [9.17, 15) is 0 Å². The van der Waals surface area contributed by atoms with Crippen molar-refractivity contribution in [3.05, 3.63) is 27.8 Å². The van der Waals surface area contributed by atoms with Gasteiger partial charge in [0.15, 0.2) is 0 Å². The third-order valence-corrected chi connectivity index (χ3v) is 3.76. The van der Waals surface area contributed by atoms with Gasteiger partial charge in [-0.2, -0.15) is 0 Å². The van der Waals surface area contributed by atoms with Gasteiger partial charge in [0.05, 0.1) is 16.3 Å². The molecule has 0 amide bonds.